The normalized spacial score (nSPS) is 20.2. The van der Waals surface area contributed by atoms with E-state index in [0.717, 1.165) is 22.3 Å². The Hall–Kier alpha value is -3.35. The molecule has 0 spiro atoms. The summed E-state index contributed by atoms with van der Waals surface area (Å²) in [6, 6.07) is 15.5. The van der Waals surface area contributed by atoms with E-state index in [0.29, 0.717) is 25.8 Å². The van der Waals surface area contributed by atoms with Crippen LogP contribution in [0, 0.1) is 11.3 Å². The molecular formula is C28H34N2O5. The highest BCUT2D eigenvalue weighted by Gasteiger charge is 2.43. The number of nitrogens with one attached hydrogen (secondary N) is 1. The van der Waals surface area contributed by atoms with E-state index in [9.17, 15) is 19.5 Å². The Morgan fingerprint density at radius 1 is 1.09 bits per heavy atom. The smallest absolute Gasteiger partial charge is 0.407 e. The molecule has 7 nitrogen and oxygen atoms in total. The van der Waals surface area contributed by atoms with Gasteiger partial charge in [-0.25, -0.2) is 4.79 Å². The maximum atomic E-state index is 13.4. The minimum Gasteiger partial charge on any atom is -0.481 e. The summed E-state index contributed by atoms with van der Waals surface area (Å²) in [5.74, 6) is -1.37. The average molecular weight is 479 g/mol. The zero-order valence-electron chi connectivity index (χ0n) is 20.6. The van der Waals surface area contributed by atoms with Gasteiger partial charge in [0.15, 0.2) is 0 Å². The average Bonchev–Trinajstić information content (AvgIpc) is 3.19. The van der Waals surface area contributed by atoms with Crippen molar-refractivity contribution in [2.45, 2.75) is 52.0 Å². The van der Waals surface area contributed by atoms with Crippen LogP contribution < -0.4 is 5.32 Å². The largest absolute Gasteiger partial charge is 0.481 e. The Bertz CT molecular complexity index is 1070. The lowest BCUT2D eigenvalue weighted by molar-refractivity contribution is -0.155. The van der Waals surface area contributed by atoms with E-state index in [4.69, 9.17) is 4.74 Å². The second-order valence-electron chi connectivity index (χ2n) is 9.99. The molecule has 1 heterocycles. The van der Waals surface area contributed by atoms with Gasteiger partial charge in [0.05, 0.1) is 5.41 Å². The summed E-state index contributed by atoms with van der Waals surface area (Å²) >= 11 is 0. The SMILES string of the molecule is CCC1(C(=O)O)CCCN(C(=O)[C@H](NC(=O)OCC2c3ccccc3-c3ccccc32)C(C)C)C1. The summed E-state index contributed by atoms with van der Waals surface area (Å²) in [6.45, 7) is 6.38. The standard InChI is InChI=1S/C28H34N2O5/c1-4-28(26(32)33)14-9-15-30(17-28)25(31)24(18(2)3)29-27(34)35-16-23-21-12-7-5-10-19(21)20-11-6-8-13-22(20)23/h5-8,10-13,18,23-24H,4,9,14-17H2,1-3H3,(H,29,34)(H,32,33)/t24-,28?/m1/s1. The first-order chi connectivity index (χ1) is 16.8. The number of alkyl carbamates (subject to hydrolysis) is 1. The minimum absolute atomic E-state index is 0.0656. The highest BCUT2D eigenvalue weighted by atomic mass is 16.5. The molecule has 1 aliphatic carbocycles. The lowest BCUT2D eigenvalue weighted by atomic mass is 9.77. The molecule has 2 aliphatic rings. The van der Waals surface area contributed by atoms with Crippen molar-refractivity contribution in [2.24, 2.45) is 11.3 Å². The molecule has 0 aromatic heterocycles. The lowest BCUT2D eigenvalue weighted by Crippen LogP contribution is -2.56. The van der Waals surface area contributed by atoms with Crippen LogP contribution in [0.5, 0.6) is 0 Å². The Morgan fingerprint density at radius 2 is 1.69 bits per heavy atom. The van der Waals surface area contributed by atoms with Crippen molar-refractivity contribution in [3.8, 4) is 11.1 Å². The molecule has 1 aliphatic heterocycles. The van der Waals surface area contributed by atoms with Gasteiger partial charge in [-0.15, -0.1) is 0 Å². The second kappa shape index (κ2) is 10.1. The van der Waals surface area contributed by atoms with Crippen molar-refractivity contribution >= 4 is 18.0 Å². The van der Waals surface area contributed by atoms with E-state index in [2.05, 4.69) is 29.6 Å². The number of aliphatic carboxylic acids is 1. The van der Waals surface area contributed by atoms with Gasteiger partial charge in [-0.3, -0.25) is 9.59 Å². The lowest BCUT2D eigenvalue weighted by Gasteiger charge is -2.41. The molecule has 2 N–H and O–H groups in total. The van der Waals surface area contributed by atoms with Gasteiger partial charge in [-0.2, -0.15) is 0 Å². The van der Waals surface area contributed by atoms with Crippen LogP contribution in [0.1, 0.15) is 57.1 Å². The van der Waals surface area contributed by atoms with E-state index < -0.39 is 23.5 Å². The van der Waals surface area contributed by atoms with E-state index in [-0.39, 0.29) is 30.9 Å². The van der Waals surface area contributed by atoms with Crippen LogP contribution in [0.3, 0.4) is 0 Å². The van der Waals surface area contributed by atoms with Gasteiger partial charge in [0, 0.05) is 19.0 Å². The molecule has 2 amide bonds. The molecular weight excluding hydrogens is 444 g/mol. The predicted molar refractivity (Wildman–Crippen MR) is 133 cm³/mol. The Kier molecular flexibility index (Phi) is 7.15. The number of hydrogen-bond acceptors (Lipinski definition) is 4. The summed E-state index contributed by atoms with van der Waals surface area (Å²) in [4.78, 5) is 39.7. The third kappa shape index (κ3) is 4.77. The van der Waals surface area contributed by atoms with Gasteiger partial charge in [0.2, 0.25) is 5.91 Å². The first kappa shape index (κ1) is 24.8. The van der Waals surface area contributed by atoms with Crippen LogP contribution in [-0.2, 0) is 14.3 Å². The number of hydrogen-bond donors (Lipinski definition) is 2. The Balaban J connectivity index is 1.43. The van der Waals surface area contributed by atoms with E-state index in [1.54, 1.807) is 4.90 Å². The van der Waals surface area contributed by atoms with Crippen molar-refractivity contribution < 1.29 is 24.2 Å². The molecule has 2 aromatic carbocycles. The third-order valence-electron chi connectivity index (χ3n) is 7.57. The van der Waals surface area contributed by atoms with Gasteiger partial charge in [-0.1, -0.05) is 69.3 Å². The molecule has 0 saturated carbocycles. The highest BCUT2D eigenvalue weighted by Crippen LogP contribution is 2.44. The minimum atomic E-state index is -0.931. The fourth-order valence-electron chi connectivity index (χ4n) is 5.41. The fourth-order valence-corrected chi connectivity index (χ4v) is 5.41. The van der Waals surface area contributed by atoms with Crippen molar-refractivity contribution in [1.29, 1.82) is 0 Å². The summed E-state index contributed by atoms with van der Waals surface area (Å²) in [5.41, 5.74) is 3.61. The van der Waals surface area contributed by atoms with Gasteiger partial charge >= 0.3 is 12.1 Å². The topological polar surface area (TPSA) is 95.9 Å². The third-order valence-corrected chi connectivity index (χ3v) is 7.57. The maximum absolute atomic E-state index is 13.4. The number of carbonyl (C=O) groups is 3. The van der Waals surface area contributed by atoms with Gasteiger partial charge in [0.25, 0.3) is 0 Å². The van der Waals surface area contributed by atoms with Crippen LogP contribution in [0.4, 0.5) is 4.79 Å². The van der Waals surface area contributed by atoms with Crippen LogP contribution >= 0.6 is 0 Å². The molecule has 1 fully saturated rings. The number of piperidine rings is 1. The van der Waals surface area contributed by atoms with Crippen molar-refractivity contribution in [2.75, 3.05) is 19.7 Å². The van der Waals surface area contributed by atoms with E-state index in [1.165, 1.54) is 0 Å². The number of fused-ring (bicyclic) bond motifs is 3. The highest BCUT2D eigenvalue weighted by molar-refractivity contribution is 5.87. The van der Waals surface area contributed by atoms with Crippen LogP contribution in [0.25, 0.3) is 11.1 Å². The number of carboxylic acid groups (broad SMARTS) is 1. The molecule has 2 atom stereocenters. The summed E-state index contributed by atoms with van der Waals surface area (Å²) in [5, 5.41) is 12.5. The van der Waals surface area contributed by atoms with Gasteiger partial charge < -0.3 is 20.1 Å². The second-order valence-corrected chi connectivity index (χ2v) is 9.99. The zero-order valence-corrected chi connectivity index (χ0v) is 20.6. The molecule has 2 aromatic rings. The summed E-state index contributed by atoms with van der Waals surface area (Å²) < 4.78 is 5.64. The van der Waals surface area contributed by atoms with Crippen molar-refractivity contribution in [1.82, 2.24) is 10.2 Å². The Labute approximate surface area is 206 Å². The first-order valence-electron chi connectivity index (χ1n) is 12.4. The number of carboxylic acids is 1. The van der Waals surface area contributed by atoms with Crippen molar-refractivity contribution in [3.63, 3.8) is 0 Å². The summed E-state index contributed by atoms with van der Waals surface area (Å²) in [6.07, 6.45) is 0.991. The molecule has 186 valence electrons. The number of ether oxygens (including phenoxy) is 1. The molecule has 0 radical (unpaired) electrons. The number of likely N-dealkylation sites (tertiary alicyclic amines) is 1. The van der Waals surface area contributed by atoms with Crippen LogP contribution in [0.2, 0.25) is 0 Å². The fraction of sp³-hybridized carbons (Fsp3) is 0.464. The number of rotatable bonds is 7. The monoisotopic (exact) mass is 478 g/mol. The van der Waals surface area contributed by atoms with E-state index in [1.807, 2.05) is 45.0 Å². The quantitative estimate of drug-likeness (QED) is 0.604. The van der Waals surface area contributed by atoms with E-state index >= 15 is 0 Å². The number of carbonyl (C=O) groups excluding carboxylic acids is 2. The number of benzene rings is 2. The molecule has 4 rings (SSSR count). The summed E-state index contributed by atoms with van der Waals surface area (Å²) in [7, 11) is 0. The van der Waals surface area contributed by atoms with Crippen molar-refractivity contribution in [3.05, 3.63) is 59.7 Å². The number of nitrogens with zero attached hydrogens (tertiary/aromatic N) is 1. The Morgan fingerprint density at radius 3 is 2.23 bits per heavy atom. The molecule has 0 bridgehead atoms. The van der Waals surface area contributed by atoms with Gasteiger partial charge in [-0.05, 0) is 47.4 Å². The molecule has 1 unspecified atom stereocenters. The van der Waals surface area contributed by atoms with Gasteiger partial charge in [0.1, 0.15) is 12.6 Å². The molecule has 7 heteroatoms. The maximum Gasteiger partial charge on any atom is 0.407 e. The predicted octanol–water partition coefficient (Wildman–Crippen LogP) is 4.65. The molecule has 35 heavy (non-hydrogen) atoms. The molecule has 1 saturated heterocycles. The zero-order chi connectivity index (χ0) is 25.2. The van der Waals surface area contributed by atoms with Crippen LogP contribution in [-0.4, -0.2) is 53.7 Å². The number of amides is 2. The first-order valence-corrected chi connectivity index (χ1v) is 12.4. The van der Waals surface area contributed by atoms with Crippen LogP contribution in [0.15, 0.2) is 48.5 Å².